The van der Waals surface area contributed by atoms with Gasteiger partial charge in [-0.1, -0.05) is 39.3 Å². The van der Waals surface area contributed by atoms with Gasteiger partial charge in [0.05, 0.1) is 12.2 Å². The van der Waals surface area contributed by atoms with Crippen LogP contribution in [0.15, 0.2) is 39.3 Å². The summed E-state index contributed by atoms with van der Waals surface area (Å²) >= 11 is 3.63. The molecule has 2 aromatic rings. The van der Waals surface area contributed by atoms with Crippen LogP contribution in [0.5, 0.6) is 0 Å². The fraction of sp³-hybridized carbons (Fsp3) is 0.400. The van der Waals surface area contributed by atoms with Crippen LogP contribution in [0, 0.1) is 6.92 Å². The van der Waals surface area contributed by atoms with E-state index in [-0.39, 0.29) is 0 Å². The van der Waals surface area contributed by atoms with Gasteiger partial charge in [-0.3, -0.25) is 0 Å². The summed E-state index contributed by atoms with van der Waals surface area (Å²) < 4.78 is 6.42. The van der Waals surface area contributed by atoms with Crippen LogP contribution in [-0.4, -0.2) is 11.2 Å². The Hall–Kier alpha value is -1.13. The molecule has 3 rings (SSSR count). The summed E-state index contributed by atoms with van der Waals surface area (Å²) in [4.78, 5) is 0. The lowest BCUT2D eigenvalue weighted by molar-refractivity contribution is 0.273. The normalized spacial score (nSPS) is 22.2. The van der Waals surface area contributed by atoms with Crippen molar-refractivity contribution in [3.05, 3.63) is 51.8 Å². The van der Waals surface area contributed by atoms with E-state index in [1.165, 1.54) is 22.9 Å². The summed E-state index contributed by atoms with van der Waals surface area (Å²) in [6, 6.07) is 11.1. The van der Waals surface area contributed by atoms with Crippen molar-refractivity contribution in [3.8, 4) is 0 Å². The van der Waals surface area contributed by atoms with Gasteiger partial charge in [-0.25, -0.2) is 0 Å². The lowest BCUT2D eigenvalue weighted by Gasteiger charge is -2.36. The average Bonchev–Trinajstić information content (AvgIpc) is 2.75. The zero-order valence-electron chi connectivity index (χ0n) is 10.9. The van der Waals surface area contributed by atoms with Crippen molar-refractivity contribution in [1.82, 2.24) is 10.5 Å². The molecule has 0 amide bonds. The third-order valence-electron chi connectivity index (χ3n) is 3.72. The van der Waals surface area contributed by atoms with Gasteiger partial charge >= 0.3 is 0 Å². The van der Waals surface area contributed by atoms with Crippen LogP contribution in [0.3, 0.4) is 0 Å². The number of nitrogens with one attached hydrogen (secondary N) is 1. The summed E-state index contributed by atoms with van der Waals surface area (Å²) in [7, 11) is 0. The van der Waals surface area contributed by atoms with Crippen molar-refractivity contribution < 1.29 is 4.52 Å². The molecule has 0 spiro atoms. The lowest BCUT2D eigenvalue weighted by Crippen LogP contribution is -2.39. The maximum Gasteiger partial charge on any atom is 0.150 e. The number of benzene rings is 1. The van der Waals surface area contributed by atoms with Gasteiger partial charge in [-0.05, 0) is 37.3 Å². The van der Waals surface area contributed by atoms with Crippen molar-refractivity contribution in [2.45, 2.75) is 38.3 Å². The minimum Gasteiger partial charge on any atom is -0.360 e. The van der Waals surface area contributed by atoms with Gasteiger partial charge < -0.3 is 9.84 Å². The number of rotatable bonds is 4. The molecule has 1 N–H and O–H groups in total. The fourth-order valence-electron chi connectivity index (χ4n) is 2.59. The molecular weight excluding hydrogens is 304 g/mol. The maximum absolute atomic E-state index is 5.19. The van der Waals surface area contributed by atoms with Gasteiger partial charge in [0.25, 0.3) is 0 Å². The number of aromatic nitrogens is 1. The molecule has 1 fully saturated rings. The van der Waals surface area contributed by atoms with E-state index in [1.54, 1.807) is 0 Å². The fourth-order valence-corrected chi connectivity index (χ4v) is 3.20. The highest BCUT2D eigenvalue weighted by Gasteiger charge is 2.30. The van der Waals surface area contributed by atoms with Gasteiger partial charge in [0, 0.05) is 16.6 Å². The minimum atomic E-state index is 0.586. The van der Waals surface area contributed by atoms with Gasteiger partial charge in [0.15, 0.2) is 5.76 Å². The number of aryl methyl sites for hydroxylation is 1. The highest BCUT2D eigenvalue weighted by atomic mass is 79.9. The zero-order chi connectivity index (χ0) is 13.2. The van der Waals surface area contributed by atoms with Crippen LogP contribution in [0.25, 0.3) is 0 Å². The standard InChI is InChI=1S/C15H17BrN2O/c1-10-6-13(19-18-10)9-17-12-7-11(8-12)14-4-2-3-5-15(14)16/h2-6,11-12,17H,7-9H2,1H3. The summed E-state index contributed by atoms with van der Waals surface area (Å²) in [5.74, 6) is 1.59. The Morgan fingerprint density at radius 1 is 1.37 bits per heavy atom. The first-order valence-electron chi connectivity index (χ1n) is 6.62. The second-order valence-electron chi connectivity index (χ2n) is 5.20. The molecule has 0 saturated heterocycles. The van der Waals surface area contributed by atoms with Crippen LogP contribution in [0.1, 0.15) is 35.8 Å². The van der Waals surface area contributed by atoms with Gasteiger partial charge in [-0.2, -0.15) is 0 Å². The summed E-state index contributed by atoms with van der Waals surface area (Å²) in [5, 5.41) is 7.41. The van der Waals surface area contributed by atoms with E-state index in [4.69, 9.17) is 4.52 Å². The molecule has 19 heavy (non-hydrogen) atoms. The third-order valence-corrected chi connectivity index (χ3v) is 4.45. The quantitative estimate of drug-likeness (QED) is 0.931. The molecule has 0 bridgehead atoms. The van der Waals surface area contributed by atoms with Gasteiger partial charge in [0.2, 0.25) is 0 Å². The van der Waals surface area contributed by atoms with Crippen molar-refractivity contribution in [3.63, 3.8) is 0 Å². The van der Waals surface area contributed by atoms with Crippen molar-refractivity contribution in [2.24, 2.45) is 0 Å². The highest BCUT2D eigenvalue weighted by molar-refractivity contribution is 9.10. The molecule has 3 nitrogen and oxygen atoms in total. The predicted octanol–water partition coefficient (Wildman–Crippen LogP) is 3.78. The molecule has 0 radical (unpaired) electrons. The molecule has 0 unspecified atom stereocenters. The third kappa shape index (κ3) is 2.90. The minimum absolute atomic E-state index is 0.586. The molecule has 0 aliphatic heterocycles. The van der Waals surface area contributed by atoms with Gasteiger partial charge in [-0.15, -0.1) is 0 Å². The summed E-state index contributed by atoms with van der Waals surface area (Å²) in [6.45, 7) is 2.72. The number of hydrogen-bond acceptors (Lipinski definition) is 3. The number of halogens is 1. The molecule has 1 heterocycles. The molecule has 1 aromatic carbocycles. The average molecular weight is 321 g/mol. The smallest absolute Gasteiger partial charge is 0.150 e. The van der Waals surface area contributed by atoms with E-state index in [2.05, 4.69) is 50.7 Å². The van der Waals surface area contributed by atoms with Crippen molar-refractivity contribution >= 4 is 15.9 Å². The van der Waals surface area contributed by atoms with Crippen LogP contribution in [0.4, 0.5) is 0 Å². The van der Waals surface area contributed by atoms with E-state index in [9.17, 15) is 0 Å². The molecule has 4 heteroatoms. The zero-order valence-corrected chi connectivity index (χ0v) is 12.5. The molecule has 1 aliphatic carbocycles. The number of nitrogens with zero attached hydrogens (tertiary/aromatic N) is 1. The van der Waals surface area contributed by atoms with Crippen LogP contribution < -0.4 is 5.32 Å². The Morgan fingerprint density at radius 2 is 2.16 bits per heavy atom. The Morgan fingerprint density at radius 3 is 2.84 bits per heavy atom. The first-order chi connectivity index (χ1) is 9.22. The Balaban J connectivity index is 1.49. The first kappa shape index (κ1) is 12.9. The summed E-state index contributed by atoms with van der Waals surface area (Å²) in [5.41, 5.74) is 2.37. The molecular formula is C15H17BrN2O. The van der Waals surface area contributed by atoms with E-state index in [0.717, 1.165) is 18.0 Å². The highest BCUT2D eigenvalue weighted by Crippen LogP contribution is 2.40. The Labute approximate surface area is 121 Å². The Bertz CT molecular complexity index is 561. The van der Waals surface area contributed by atoms with E-state index in [0.29, 0.717) is 12.0 Å². The second-order valence-corrected chi connectivity index (χ2v) is 6.06. The maximum atomic E-state index is 5.19. The van der Waals surface area contributed by atoms with Crippen molar-refractivity contribution in [2.75, 3.05) is 0 Å². The second kappa shape index (κ2) is 5.47. The first-order valence-corrected chi connectivity index (χ1v) is 7.41. The molecule has 100 valence electrons. The molecule has 1 aromatic heterocycles. The Kier molecular flexibility index (Phi) is 3.71. The van der Waals surface area contributed by atoms with Crippen LogP contribution in [0.2, 0.25) is 0 Å². The SMILES string of the molecule is Cc1cc(CNC2CC(c3ccccc3Br)C2)on1. The largest absolute Gasteiger partial charge is 0.360 e. The predicted molar refractivity (Wildman–Crippen MR) is 78.0 cm³/mol. The molecule has 1 aliphatic rings. The molecule has 0 atom stereocenters. The summed E-state index contributed by atoms with van der Waals surface area (Å²) in [6.07, 6.45) is 2.38. The van der Waals surface area contributed by atoms with Gasteiger partial charge in [0.1, 0.15) is 0 Å². The van der Waals surface area contributed by atoms with Crippen LogP contribution >= 0.6 is 15.9 Å². The number of hydrogen-bond donors (Lipinski definition) is 1. The topological polar surface area (TPSA) is 38.1 Å². The molecule has 1 saturated carbocycles. The van der Waals surface area contributed by atoms with Crippen LogP contribution in [-0.2, 0) is 6.54 Å². The van der Waals surface area contributed by atoms with E-state index < -0.39 is 0 Å². The van der Waals surface area contributed by atoms with Crippen molar-refractivity contribution in [1.29, 1.82) is 0 Å². The lowest BCUT2D eigenvalue weighted by atomic mass is 9.76. The van der Waals surface area contributed by atoms with E-state index >= 15 is 0 Å². The van der Waals surface area contributed by atoms with E-state index in [1.807, 2.05) is 13.0 Å². The monoisotopic (exact) mass is 320 g/mol.